The molecule has 0 aromatic heterocycles. The van der Waals surface area contributed by atoms with Gasteiger partial charge in [-0.2, -0.15) is 0 Å². The minimum absolute atomic E-state index is 0.0242. The lowest BCUT2D eigenvalue weighted by Gasteiger charge is -2.60. The molecule has 7 nitrogen and oxygen atoms in total. The lowest BCUT2D eigenvalue weighted by atomic mass is 9.50. The van der Waals surface area contributed by atoms with Gasteiger partial charge in [-0.25, -0.2) is 0 Å². The van der Waals surface area contributed by atoms with E-state index in [9.17, 15) is 14.7 Å². The standard InChI is InChI=1S/C35H42N2O5/c1-5-16-36-17-15-35-26-12-13-27(37(20-22(2)3)30(39)14-11-23-9-7-6-8-10-23)34(35)42-33-31(35)24(19-28(26)36)18-25(32(33)40)29(38)21-41-4/h5-11,14,18,22,26-28,34,40H,1,12-13,15-17,19-21H2,2-4H3/t26-,27?,28+,34?,35-/m0/s1. The second kappa shape index (κ2) is 11.3. The number of hydrogen-bond donors (Lipinski definition) is 1. The normalized spacial score (nSPS) is 27.5. The van der Waals surface area contributed by atoms with Crippen LogP contribution in [0.25, 0.3) is 6.08 Å². The molecule has 5 atom stereocenters. The van der Waals surface area contributed by atoms with Crippen LogP contribution >= 0.6 is 0 Å². The minimum Gasteiger partial charge on any atom is -0.504 e. The van der Waals surface area contributed by atoms with Crippen LogP contribution in [-0.4, -0.2) is 78.1 Å². The SMILES string of the molecule is C=CCN1CC[C@]23c4c5cc(C(=O)COC)c(O)c4OC2C(N(CC(C)C)C(=O)C=Cc2ccccc2)CC[C@H]3[C@H]1C5. The molecule has 42 heavy (non-hydrogen) atoms. The van der Waals surface area contributed by atoms with Gasteiger partial charge in [0.05, 0.1) is 11.6 Å². The molecule has 2 aromatic carbocycles. The molecule has 2 aliphatic heterocycles. The van der Waals surface area contributed by atoms with Crippen molar-refractivity contribution in [2.45, 2.75) is 63.1 Å². The topological polar surface area (TPSA) is 79.3 Å². The number of likely N-dealkylation sites (tertiary alicyclic amines) is 1. The van der Waals surface area contributed by atoms with E-state index in [1.165, 1.54) is 7.11 Å². The molecular formula is C35H42N2O5. The molecule has 1 saturated carbocycles. The largest absolute Gasteiger partial charge is 0.504 e. The fraction of sp³-hybridized carbons (Fsp3) is 0.486. The van der Waals surface area contributed by atoms with E-state index in [0.29, 0.717) is 18.2 Å². The first-order valence-electron chi connectivity index (χ1n) is 15.3. The first kappa shape index (κ1) is 28.7. The van der Waals surface area contributed by atoms with E-state index < -0.39 is 0 Å². The predicted octanol–water partition coefficient (Wildman–Crippen LogP) is 5.01. The molecule has 1 spiro atoms. The molecule has 2 unspecified atom stereocenters. The summed E-state index contributed by atoms with van der Waals surface area (Å²) in [5.41, 5.74) is 3.05. The summed E-state index contributed by atoms with van der Waals surface area (Å²) in [6.07, 6.45) is 8.70. The number of amides is 1. The van der Waals surface area contributed by atoms with E-state index in [1.807, 2.05) is 53.5 Å². The summed E-state index contributed by atoms with van der Waals surface area (Å²) in [5, 5.41) is 11.5. The second-order valence-corrected chi connectivity index (χ2v) is 12.8. The van der Waals surface area contributed by atoms with Crippen molar-refractivity contribution in [3.05, 3.63) is 77.4 Å². The Morgan fingerprint density at radius 2 is 2.05 bits per heavy atom. The summed E-state index contributed by atoms with van der Waals surface area (Å²) in [6.45, 7) is 10.5. The number of hydrogen-bond acceptors (Lipinski definition) is 6. The van der Waals surface area contributed by atoms with Crippen molar-refractivity contribution in [3.63, 3.8) is 0 Å². The number of phenolic OH excluding ortho intramolecular Hbond substituents is 1. The van der Waals surface area contributed by atoms with Gasteiger partial charge in [0.2, 0.25) is 5.91 Å². The van der Waals surface area contributed by atoms with Gasteiger partial charge in [0.1, 0.15) is 12.7 Å². The number of methoxy groups -OCH3 is 1. The van der Waals surface area contributed by atoms with E-state index in [2.05, 4.69) is 25.3 Å². The van der Waals surface area contributed by atoms with Crippen LogP contribution in [-0.2, 0) is 21.4 Å². The lowest BCUT2D eigenvalue weighted by Crippen LogP contribution is -2.69. The number of rotatable bonds is 10. The fourth-order valence-electron chi connectivity index (χ4n) is 8.42. The van der Waals surface area contributed by atoms with E-state index >= 15 is 0 Å². The molecule has 7 heteroatoms. The van der Waals surface area contributed by atoms with Crippen LogP contribution in [0, 0.1) is 11.8 Å². The molecule has 1 saturated heterocycles. The van der Waals surface area contributed by atoms with Crippen molar-refractivity contribution in [1.29, 1.82) is 0 Å². The monoisotopic (exact) mass is 570 g/mol. The van der Waals surface area contributed by atoms with Gasteiger partial charge in [-0.1, -0.05) is 50.3 Å². The average molecular weight is 571 g/mol. The number of nitrogens with zero attached hydrogens (tertiary/aromatic N) is 2. The Bertz CT molecular complexity index is 1400. The first-order valence-corrected chi connectivity index (χ1v) is 15.3. The summed E-state index contributed by atoms with van der Waals surface area (Å²) in [4.78, 5) is 31.5. The van der Waals surface area contributed by atoms with Crippen LogP contribution in [0.2, 0.25) is 0 Å². The van der Waals surface area contributed by atoms with Gasteiger partial charge < -0.3 is 19.5 Å². The van der Waals surface area contributed by atoms with Crippen molar-refractivity contribution in [2.75, 3.05) is 33.4 Å². The van der Waals surface area contributed by atoms with Gasteiger partial charge in [-0.15, -0.1) is 6.58 Å². The van der Waals surface area contributed by atoms with Crippen LogP contribution < -0.4 is 4.74 Å². The fourth-order valence-corrected chi connectivity index (χ4v) is 8.42. The Kier molecular flexibility index (Phi) is 7.75. The third-order valence-electron chi connectivity index (χ3n) is 9.92. The average Bonchev–Trinajstić information content (AvgIpc) is 3.33. The zero-order valence-corrected chi connectivity index (χ0v) is 24.9. The number of benzene rings is 2. The molecule has 2 bridgehead atoms. The molecule has 2 fully saturated rings. The highest BCUT2D eigenvalue weighted by Crippen LogP contribution is 2.64. The highest BCUT2D eigenvalue weighted by molar-refractivity contribution is 6.01. The summed E-state index contributed by atoms with van der Waals surface area (Å²) >= 11 is 0. The Morgan fingerprint density at radius 1 is 1.26 bits per heavy atom. The highest BCUT2D eigenvalue weighted by Gasteiger charge is 2.66. The number of phenols is 1. The number of Topliss-reactive ketones (excluding diaryl/α,β-unsaturated/α-hetero) is 1. The predicted molar refractivity (Wildman–Crippen MR) is 163 cm³/mol. The Hall–Kier alpha value is -3.42. The van der Waals surface area contributed by atoms with Crippen molar-refractivity contribution in [1.82, 2.24) is 9.80 Å². The van der Waals surface area contributed by atoms with Crippen LogP contribution in [0.3, 0.4) is 0 Å². The van der Waals surface area contributed by atoms with Crippen LogP contribution in [0.15, 0.2) is 55.1 Å². The molecule has 4 aliphatic rings. The quantitative estimate of drug-likeness (QED) is 0.246. The van der Waals surface area contributed by atoms with E-state index in [-0.39, 0.29) is 59.1 Å². The number of aromatic hydroxyl groups is 1. The molecule has 2 aromatic rings. The lowest BCUT2D eigenvalue weighted by molar-refractivity contribution is -0.138. The number of carbonyl (C=O) groups excluding carboxylic acids is 2. The van der Waals surface area contributed by atoms with Crippen LogP contribution in [0.1, 0.15) is 60.2 Å². The van der Waals surface area contributed by atoms with Crippen LogP contribution in [0.4, 0.5) is 0 Å². The van der Waals surface area contributed by atoms with E-state index in [0.717, 1.165) is 55.5 Å². The van der Waals surface area contributed by atoms with E-state index in [1.54, 1.807) is 6.08 Å². The number of ketones is 1. The summed E-state index contributed by atoms with van der Waals surface area (Å²) < 4.78 is 12.0. The second-order valence-electron chi connectivity index (χ2n) is 12.8. The van der Waals surface area contributed by atoms with Gasteiger partial charge in [-0.3, -0.25) is 14.5 Å². The Balaban J connectivity index is 1.44. The Labute approximate surface area is 248 Å². The first-order chi connectivity index (χ1) is 20.3. The maximum Gasteiger partial charge on any atom is 0.246 e. The summed E-state index contributed by atoms with van der Waals surface area (Å²) in [5.74, 6) is 0.671. The van der Waals surface area contributed by atoms with Gasteiger partial charge in [0.25, 0.3) is 0 Å². The number of carbonyl (C=O) groups is 2. The van der Waals surface area contributed by atoms with Gasteiger partial charge in [-0.05, 0) is 67.3 Å². The van der Waals surface area contributed by atoms with Crippen molar-refractivity contribution in [3.8, 4) is 11.5 Å². The zero-order chi connectivity index (χ0) is 29.6. The summed E-state index contributed by atoms with van der Waals surface area (Å²) in [7, 11) is 1.48. The summed E-state index contributed by atoms with van der Waals surface area (Å²) in [6, 6.07) is 11.9. The van der Waals surface area contributed by atoms with Gasteiger partial charge in [0, 0.05) is 43.3 Å². The molecule has 2 aliphatic carbocycles. The zero-order valence-electron chi connectivity index (χ0n) is 24.9. The number of ether oxygens (including phenoxy) is 2. The Morgan fingerprint density at radius 3 is 2.76 bits per heavy atom. The molecular weight excluding hydrogens is 528 g/mol. The molecule has 6 rings (SSSR count). The van der Waals surface area contributed by atoms with Gasteiger partial charge >= 0.3 is 0 Å². The third-order valence-corrected chi connectivity index (χ3v) is 9.92. The molecule has 0 radical (unpaired) electrons. The van der Waals surface area contributed by atoms with Crippen molar-refractivity contribution < 1.29 is 24.2 Å². The maximum absolute atomic E-state index is 13.9. The van der Waals surface area contributed by atoms with Crippen LogP contribution in [0.5, 0.6) is 11.5 Å². The maximum atomic E-state index is 13.9. The highest BCUT2D eigenvalue weighted by atomic mass is 16.5. The molecule has 1 amide bonds. The molecule has 1 N–H and O–H groups in total. The third kappa shape index (κ3) is 4.58. The van der Waals surface area contributed by atoms with E-state index in [4.69, 9.17) is 9.47 Å². The van der Waals surface area contributed by atoms with Crippen molar-refractivity contribution >= 4 is 17.8 Å². The minimum atomic E-state index is -0.326. The smallest absolute Gasteiger partial charge is 0.246 e. The molecule has 2 heterocycles. The van der Waals surface area contributed by atoms with Crippen molar-refractivity contribution in [2.24, 2.45) is 11.8 Å². The molecule has 222 valence electrons. The van der Waals surface area contributed by atoms with Gasteiger partial charge in [0.15, 0.2) is 17.3 Å². The number of piperidine rings is 1.